The quantitative estimate of drug-likeness (QED) is 0.701. The Labute approximate surface area is 171 Å². The monoisotopic (exact) mass is 404 g/mol. The highest BCUT2D eigenvalue weighted by Crippen LogP contribution is 2.67. The third kappa shape index (κ3) is 2.86. The van der Waals surface area contributed by atoms with E-state index in [0.29, 0.717) is 19.3 Å². The summed E-state index contributed by atoms with van der Waals surface area (Å²) < 4.78 is 4.96. The van der Waals surface area contributed by atoms with E-state index in [1.54, 1.807) is 6.08 Å². The van der Waals surface area contributed by atoms with Crippen LogP contribution in [0.1, 0.15) is 65.7 Å². The molecule has 2 N–H and O–H groups in total. The Kier molecular flexibility index (Phi) is 4.82. The van der Waals surface area contributed by atoms with Crippen molar-refractivity contribution in [1.29, 1.82) is 0 Å². The molecular formula is C23H32O6. The second-order valence-corrected chi connectivity index (χ2v) is 10.2. The van der Waals surface area contributed by atoms with Crippen LogP contribution in [0.5, 0.6) is 0 Å². The highest BCUT2D eigenvalue weighted by atomic mass is 16.5. The number of esters is 1. The molecule has 0 amide bonds. The maximum absolute atomic E-state index is 13.5. The molecule has 6 heteroatoms. The van der Waals surface area contributed by atoms with Gasteiger partial charge in [0.1, 0.15) is 18.5 Å². The molecule has 0 unspecified atom stereocenters. The number of aliphatic hydroxyl groups excluding tert-OH is 1. The number of allylic oxidation sites excluding steroid dienone is 1. The number of carbonyl (C=O) groups excluding carboxylic acids is 3. The minimum absolute atomic E-state index is 0.123. The lowest BCUT2D eigenvalue weighted by Gasteiger charge is -2.58. The van der Waals surface area contributed by atoms with Crippen molar-refractivity contribution < 1.29 is 29.3 Å². The molecule has 0 aromatic rings. The van der Waals surface area contributed by atoms with Crippen LogP contribution in [0.3, 0.4) is 0 Å². The average Bonchev–Trinajstić information content (AvgIpc) is 2.91. The van der Waals surface area contributed by atoms with E-state index in [1.807, 2.05) is 6.92 Å². The van der Waals surface area contributed by atoms with Gasteiger partial charge in [-0.2, -0.15) is 0 Å². The maximum Gasteiger partial charge on any atom is 0.302 e. The number of Topliss-reactive ketones (excluding diaryl/α,β-unsaturated/α-hetero) is 1. The molecule has 7 atom stereocenters. The van der Waals surface area contributed by atoms with Gasteiger partial charge in [-0.05, 0) is 55.4 Å². The molecule has 0 aromatic heterocycles. The Morgan fingerprint density at radius 3 is 2.66 bits per heavy atom. The van der Waals surface area contributed by atoms with E-state index < -0.39 is 23.1 Å². The molecule has 0 bridgehead atoms. The molecule has 3 saturated carbocycles. The lowest BCUT2D eigenvalue weighted by Crippen LogP contribution is -2.62. The van der Waals surface area contributed by atoms with E-state index in [0.717, 1.165) is 24.8 Å². The van der Waals surface area contributed by atoms with E-state index in [2.05, 4.69) is 6.92 Å². The van der Waals surface area contributed by atoms with Crippen LogP contribution < -0.4 is 0 Å². The Morgan fingerprint density at radius 2 is 1.97 bits per heavy atom. The topological polar surface area (TPSA) is 101 Å². The molecule has 0 saturated heterocycles. The van der Waals surface area contributed by atoms with Crippen molar-refractivity contribution in [3.63, 3.8) is 0 Å². The molecular weight excluding hydrogens is 372 g/mol. The van der Waals surface area contributed by atoms with Crippen LogP contribution in [0.15, 0.2) is 11.6 Å². The van der Waals surface area contributed by atoms with Crippen molar-refractivity contribution in [3.8, 4) is 0 Å². The molecule has 0 aromatic carbocycles. The van der Waals surface area contributed by atoms with Crippen molar-refractivity contribution in [3.05, 3.63) is 11.6 Å². The fourth-order valence-electron chi connectivity index (χ4n) is 7.30. The van der Waals surface area contributed by atoms with Crippen LogP contribution >= 0.6 is 0 Å². The van der Waals surface area contributed by atoms with Crippen LogP contribution in [0.2, 0.25) is 0 Å². The summed E-state index contributed by atoms with van der Waals surface area (Å²) in [6.45, 7) is 5.07. The summed E-state index contributed by atoms with van der Waals surface area (Å²) in [6, 6.07) is 0. The number of fused-ring (bicyclic) bond motifs is 5. The molecule has 0 radical (unpaired) electrons. The van der Waals surface area contributed by atoms with Crippen LogP contribution in [-0.4, -0.2) is 46.1 Å². The summed E-state index contributed by atoms with van der Waals surface area (Å²) in [5.41, 5.74) is -1.35. The van der Waals surface area contributed by atoms with E-state index in [-0.39, 0.29) is 47.8 Å². The number of rotatable bonds is 3. The van der Waals surface area contributed by atoms with Crippen molar-refractivity contribution in [1.82, 2.24) is 0 Å². The lowest BCUT2D eigenvalue weighted by atomic mass is 9.45. The number of ketones is 2. The van der Waals surface area contributed by atoms with Crippen LogP contribution in [-0.2, 0) is 19.1 Å². The molecule has 0 aliphatic heterocycles. The summed E-state index contributed by atoms with van der Waals surface area (Å²) in [7, 11) is 0. The highest BCUT2D eigenvalue weighted by Gasteiger charge is 2.68. The number of hydrogen-bond acceptors (Lipinski definition) is 6. The number of aliphatic hydroxyl groups is 2. The van der Waals surface area contributed by atoms with Gasteiger partial charge in [-0.1, -0.05) is 19.4 Å². The predicted molar refractivity (Wildman–Crippen MR) is 105 cm³/mol. The SMILES string of the molecule is CC(=O)OC[C@@H](O)[C@]1(O)CC[C@@H]2[C@H]3CCC4=CC(=O)CC[C@]4(C)[C@@H]3C(=O)C[C@@]21C. The van der Waals surface area contributed by atoms with Crippen molar-refractivity contribution in [2.75, 3.05) is 6.61 Å². The maximum atomic E-state index is 13.5. The van der Waals surface area contributed by atoms with E-state index in [9.17, 15) is 24.6 Å². The first-order valence-corrected chi connectivity index (χ1v) is 10.8. The summed E-state index contributed by atoms with van der Waals surface area (Å²) >= 11 is 0. The number of hydrogen-bond donors (Lipinski definition) is 2. The van der Waals surface area contributed by atoms with Crippen molar-refractivity contribution in [2.45, 2.75) is 77.4 Å². The van der Waals surface area contributed by atoms with Gasteiger partial charge in [-0.25, -0.2) is 0 Å². The van der Waals surface area contributed by atoms with Crippen molar-refractivity contribution in [2.24, 2.45) is 28.6 Å². The van der Waals surface area contributed by atoms with Crippen LogP contribution in [0.4, 0.5) is 0 Å². The third-order valence-corrected chi connectivity index (χ3v) is 8.87. The van der Waals surface area contributed by atoms with Gasteiger partial charge in [0.25, 0.3) is 0 Å². The normalized spacial score (nSPS) is 45.0. The molecule has 4 aliphatic carbocycles. The van der Waals surface area contributed by atoms with Gasteiger partial charge in [0.15, 0.2) is 5.78 Å². The van der Waals surface area contributed by atoms with Gasteiger partial charge in [0.2, 0.25) is 0 Å². The highest BCUT2D eigenvalue weighted by molar-refractivity contribution is 5.93. The predicted octanol–water partition coefficient (Wildman–Crippen LogP) is 2.35. The first kappa shape index (κ1) is 20.7. The minimum Gasteiger partial charge on any atom is -0.463 e. The number of ether oxygens (including phenoxy) is 1. The minimum atomic E-state index is -1.45. The van der Waals surface area contributed by atoms with Crippen LogP contribution in [0.25, 0.3) is 0 Å². The smallest absolute Gasteiger partial charge is 0.302 e. The molecule has 6 nitrogen and oxygen atoms in total. The average molecular weight is 405 g/mol. The first-order valence-electron chi connectivity index (χ1n) is 10.8. The molecule has 4 aliphatic rings. The Morgan fingerprint density at radius 1 is 1.24 bits per heavy atom. The molecule has 4 rings (SSSR count). The standard InChI is InChI=1S/C23H32O6/c1-13(24)29-12-19(27)23(28)9-7-17-16-5-4-14-10-15(25)6-8-21(14,2)20(16)18(26)11-22(17,23)3/h10,16-17,19-20,27-28H,4-9,11-12H2,1-3H3/t16-,17-,19-,20+,21+,22+,23-/m1/s1. The van der Waals surface area contributed by atoms with Gasteiger partial charge in [-0.3, -0.25) is 14.4 Å². The Bertz CT molecular complexity index is 786. The van der Waals surface area contributed by atoms with Crippen molar-refractivity contribution >= 4 is 17.5 Å². The fraction of sp³-hybridized carbons (Fsp3) is 0.783. The number of carbonyl (C=O) groups is 3. The molecule has 0 heterocycles. The van der Waals surface area contributed by atoms with E-state index >= 15 is 0 Å². The summed E-state index contributed by atoms with van der Waals surface area (Å²) in [4.78, 5) is 36.6. The zero-order chi connectivity index (χ0) is 21.2. The second kappa shape index (κ2) is 6.74. The Hall–Kier alpha value is -1.53. The summed E-state index contributed by atoms with van der Waals surface area (Å²) in [6.07, 6.45) is 4.76. The Balaban J connectivity index is 1.66. The van der Waals surface area contributed by atoms with Gasteiger partial charge in [0.05, 0.1) is 5.60 Å². The zero-order valence-electron chi connectivity index (χ0n) is 17.6. The van der Waals surface area contributed by atoms with Gasteiger partial charge < -0.3 is 14.9 Å². The fourth-order valence-corrected chi connectivity index (χ4v) is 7.30. The van der Waals surface area contributed by atoms with Gasteiger partial charge in [0, 0.05) is 31.1 Å². The largest absolute Gasteiger partial charge is 0.463 e. The molecule has 3 fully saturated rings. The van der Waals surface area contributed by atoms with E-state index in [4.69, 9.17) is 4.74 Å². The molecule has 29 heavy (non-hydrogen) atoms. The summed E-state index contributed by atoms with van der Waals surface area (Å²) in [5, 5.41) is 22.2. The van der Waals surface area contributed by atoms with Crippen LogP contribution in [0, 0.1) is 28.6 Å². The summed E-state index contributed by atoms with van der Waals surface area (Å²) in [5.74, 6) is -0.0612. The van der Waals surface area contributed by atoms with E-state index in [1.165, 1.54) is 6.92 Å². The molecule has 0 spiro atoms. The van der Waals surface area contributed by atoms with Gasteiger partial charge in [-0.15, -0.1) is 0 Å². The lowest BCUT2D eigenvalue weighted by molar-refractivity contribution is -0.192. The van der Waals surface area contributed by atoms with Gasteiger partial charge >= 0.3 is 5.97 Å². The second-order valence-electron chi connectivity index (χ2n) is 10.2. The third-order valence-electron chi connectivity index (χ3n) is 8.87. The zero-order valence-corrected chi connectivity index (χ0v) is 17.6. The molecule has 160 valence electrons. The first-order chi connectivity index (χ1) is 13.5.